The molecule has 8 heteroatoms. The molecule has 0 saturated heterocycles. The van der Waals surface area contributed by atoms with E-state index in [1.165, 1.54) is 14.2 Å². The molecule has 0 aliphatic rings. The van der Waals surface area contributed by atoms with Gasteiger partial charge in [0.05, 0.1) is 14.2 Å². The van der Waals surface area contributed by atoms with Crippen LogP contribution in [0.3, 0.4) is 0 Å². The van der Waals surface area contributed by atoms with Crippen molar-refractivity contribution in [2.75, 3.05) is 19.5 Å². The minimum Gasteiger partial charge on any atom is -0.497 e. The van der Waals surface area contributed by atoms with Gasteiger partial charge >= 0.3 is 5.97 Å². The van der Waals surface area contributed by atoms with Crippen molar-refractivity contribution in [2.24, 2.45) is 0 Å². The Labute approximate surface area is 118 Å². The number of esters is 1. The Balaban J connectivity index is 2.11. The molecule has 0 aliphatic heterocycles. The van der Waals surface area contributed by atoms with Gasteiger partial charge in [-0.1, -0.05) is 6.07 Å². The summed E-state index contributed by atoms with van der Waals surface area (Å²) in [6, 6.07) is 6.67. The molecule has 0 bridgehead atoms. The molecule has 1 amide bonds. The van der Waals surface area contributed by atoms with E-state index in [0.29, 0.717) is 11.3 Å². The van der Waals surface area contributed by atoms with Gasteiger partial charge in [0, 0.05) is 17.1 Å². The maximum Gasteiger partial charge on any atom is 0.377 e. The fourth-order valence-electron chi connectivity index (χ4n) is 1.38. The van der Waals surface area contributed by atoms with Crippen LogP contribution in [0.15, 0.2) is 24.3 Å². The molecule has 1 heterocycles. The lowest BCUT2D eigenvalue weighted by molar-refractivity contribution is 0.0588. The highest BCUT2D eigenvalue weighted by molar-refractivity contribution is 7.10. The highest BCUT2D eigenvalue weighted by atomic mass is 32.1. The summed E-state index contributed by atoms with van der Waals surface area (Å²) in [7, 11) is 2.75. The first kappa shape index (κ1) is 13.9. The number of carbonyl (C=O) groups excluding carboxylic acids is 2. The molecule has 0 spiro atoms. The summed E-state index contributed by atoms with van der Waals surface area (Å²) < 4.78 is 13.3. The molecular formula is C12H11N3O4S. The fourth-order valence-corrected chi connectivity index (χ4v) is 1.94. The van der Waals surface area contributed by atoms with Gasteiger partial charge in [-0.25, -0.2) is 4.79 Å². The number of hydrogen-bond donors (Lipinski definition) is 1. The quantitative estimate of drug-likeness (QED) is 0.861. The number of nitrogens with one attached hydrogen (secondary N) is 1. The number of anilines is 1. The molecule has 7 nitrogen and oxygen atoms in total. The Morgan fingerprint density at radius 1 is 1.30 bits per heavy atom. The van der Waals surface area contributed by atoms with Crippen molar-refractivity contribution in [1.82, 2.24) is 9.36 Å². The van der Waals surface area contributed by atoms with E-state index in [1.807, 2.05) is 0 Å². The average molecular weight is 293 g/mol. The van der Waals surface area contributed by atoms with E-state index < -0.39 is 5.97 Å². The predicted octanol–water partition coefficient (Wildman–Crippen LogP) is 1.59. The largest absolute Gasteiger partial charge is 0.497 e. The van der Waals surface area contributed by atoms with Crippen molar-refractivity contribution in [3.05, 3.63) is 35.7 Å². The van der Waals surface area contributed by atoms with E-state index in [0.717, 1.165) is 11.5 Å². The van der Waals surface area contributed by atoms with Crippen molar-refractivity contribution in [3.8, 4) is 5.75 Å². The molecule has 20 heavy (non-hydrogen) atoms. The van der Waals surface area contributed by atoms with Crippen molar-refractivity contribution in [1.29, 1.82) is 0 Å². The van der Waals surface area contributed by atoms with E-state index in [9.17, 15) is 9.59 Å². The number of benzene rings is 1. The standard InChI is InChI=1S/C12H11N3O4S/c1-18-8-5-3-4-7(6-8)10(16)14-12-13-9(15-20-12)11(17)19-2/h3-6H,1-2H3,(H,13,14,15,16). The zero-order valence-corrected chi connectivity index (χ0v) is 11.6. The summed E-state index contributed by atoms with van der Waals surface area (Å²) in [5.41, 5.74) is 0.416. The summed E-state index contributed by atoms with van der Waals surface area (Å²) >= 11 is 0.901. The summed E-state index contributed by atoms with van der Waals surface area (Å²) in [5, 5.41) is 2.77. The number of ether oxygens (including phenoxy) is 2. The molecule has 0 radical (unpaired) electrons. The Morgan fingerprint density at radius 2 is 2.10 bits per heavy atom. The van der Waals surface area contributed by atoms with E-state index in [2.05, 4.69) is 19.4 Å². The van der Waals surface area contributed by atoms with Gasteiger partial charge in [0.15, 0.2) is 0 Å². The number of nitrogens with zero attached hydrogens (tertiary/aromatic N) is 2. The molecule has 0 aliphatic carbocycles. The maximum absolute atomic E-state index is 12.0. The van der Waals surface area contributed by atoms with Gasteiger partial charge in [-0.2, -0.15) is 9.36 Å². The first-order chi connectivity index (χ1) is 9.63. The van der Waals surface area contributed by atoms with Crippen LogP contribution in [0, 0.1) is 0 Å². The van der Waals surface area contributed by atoms with Gasteiger partial charge in [-0.3, -0.25) is 10.1 Å². The van der Waals surface area contributed by atoms with Crippen molar-refractivity contribution in [3.63, 3.8) is 0 Å². The molecule has 0 fully saturated rings. The van der Waals surface area contributed by atoms with Gasteiger partial charge in [0.1, 0.15) is 5.75 Å². The van der Waals surface area contributed by atoms with Crippen LogP contribution in [0.2, 0.25) is 0 Å². The molecular weight excluding hydrogens is 282 g/mol. The Kier molecular flexibility index (Phi) is 4.26. The van der Waals surface area contributed by atoms with Crippen LogP contribution < -0.4 is 10.1 Å². The normalized spacial score (nSPS) is 9.90. The molecule has 1 N–H and O–H groups in total. The van der Waals surface area contributed by atoms with Crippen LogP contribution in [0.1, 0.15) is 21.0 Å². The van der Waals surface area contributed by atoms with E-state index in [1.54, 1.807) is 24.3 Å². The lowest BCUT2D eigenvalue weighted by Crippen LogP contribution is -2.12. The minimum absolute atomic E-state index is 0.0848. The SMILES string of the molecule is COC(=O)c1nsc(NC(=O)c2cccc(OC)c2)n1. The van der Waals surface area contributed by atoms with Gasteiger partial charge in [0.2, 0.25) is 5.13 Å². The zero-order chi connectivity index (χ0) is 14.5. The molecule has 0 saturated carbocycles. The highest BCUT2D eigenvalue weighted by Gasteiger charge is 2.15. The molecule has 1 aromatic heterocycles. The van der Waals surface area contributed by atoms with Crippen LogP contribution in [-0.4, -0.2) is 35.5 Å². The van der Waals surface area contributed by atoms with Crippen LogP contribution in [0.5, 0.6) is 5.75 Å². The van der Waals surface area contributed by atoms with Crippen LogP contribution in [0.4, 0.5) is 5.13 Å². The second kappa shape index (κ2) is 6.11. The topological polar surface area (TPSA) is 90.4 Å². The number of rotatable bonds is 4. The molecule has 2 rings (SSSR count). The number of amides is 1. The molecule has 1 aromatic carbocycles. The lowest BCUT2D eigenvalue weighted by atomic mass is 10.2. The molecule has 104 valence electrons. The monoisotopic (exact) mass is 293 g/mol. The average Bonchev–Trinajstić information content (AvgIpc) is 2.95. The smallest absolute Gasteiger partial charge is 0.377 e. The van der Waals surface area contributed by atoms with Crippen LogP contribution in [0.25, 0.3) is 0 Å². The van der Waals surface area contributed by atoms with Crippen molar-refractivity contribution in [2.45, 2.75) is 0 Å². The molecule has 0 atom stereocenters. The minimum atomic E-state index is -0.650. The lowest BCUT2D eigenvalue weighted by Gasteiger charge is -2.03. The second-order valence-corrected chi connectivity index (χ2v) is 4.35. The summed E-state index contributed by atoms with van der Waals surface area (Å²) in [5.74, 6) is -0.525. The van der Waals surface area contributed by atoms with Crippen LogP contribution >= 0.6 is 11.5 Å². The third-order valence-electron chi connectivity index (χ3n) is 2.35. The number of carbonyl (C=O) groups is 2. The number of methoxy groups -OCH3 is 2. The van der Waals surface area contributed by atoms with Crippen molar-refractivity contribution < 1.29 is 19.1 Å². The highest BCUT2D eigenvalue weighted by Crippen LogP contribution is 2.16. The van der Waals surface area contributed by atoms with Gasteiger partial charge in [0.25, 0.3) is 11.7 Å². The third-order valence-corrected chi connectivity index (χ3v) is 2.98. The predicted molar refractivity (Wildman–Crippen MR) is 72.2 cm³/mol. The van der Waals surface area contributed by atoms with E-state index in [-0.39, 0.29) is 16.9 Å². The van der Waals surface area contributed by atoms with Gasteiger partial charge < -0.3 is 9.47 Å². The first-order valence-electron chi connectivity index (χ1n) is 5.51. The molecule has 0 unspecified atom stereocenters. The van der Waals surface area contributed by atoms with E-state index >= 15 is 0 Å². The van der Waals surface area contributed by atoms with Crippen LogP contribution in [-0.2, 0) is 4.74 Å². The molecule has 2 aromatic rings. The Bertz CT molecular complexity index is 641. The third kappa shape index (κ3) is 3.09. The van der Waals surface area contributed by atoms with E-state index in [4.69, 9.17) is 4.74 Å². The second-order valence-electron chi connectivity index (χ2n) is 3.60. The van der Waals surface area contributed by atoms with Gasteiger partial charge in [-0.05, 0) is 18.2 Å². The Hall–Kier alpha value is -2.48. The first-order valence-corrected chi connectivity index (χ1v) is 6.29. The van der Waals surface area contributed by atoms with Crippen molar-refractivity contribution >= 4 is 28.5 Å². The maximum atomic E-state index is 12.0. The number of hydrogen-bond acceptors (Lipinski definition) is 7. The number of aromatic nitrogens is 2. The summed E-state index contributed by atoms with van der Waals surface area (Å²) in [6.45, 7) is 0. The Morgan fingerprint density at radius 3 is 2.80 bits per heavy atom. The summed E-state index contributed by atoms with van der Waals surface area (Å²) in [4.78, 5) is 27.0. The summed E-state index contributed by atoms with van der Waals surface area (Å²) in [6.07, 6.45) is 0. The van der Waals surface area contributed by atoms with Gasteiger partial charge in [-0.15, -0.1) is 0 Å². The fraction of sp³-hybridized carbons (Fsp3) is 0.167. The zero-order valence-electron chi connectivity index (χ0n) is 10.7.